The van der Waals surface area contributed by atoms with E-state index in [1.54, 1.807) is 4.90 Å². The van der Waals surface area contributed by atoms with Crippen LogP contribution in [0.5, 0.6) is 0 Å². The second-order valence-electron chi connectivity index (χ2n) is 9.17. The molecule has 1 aromatic rings. The van der Waals surface area contributed by atoms with E-state index >= 15 is 0 Å². The number of benzene rings is 1. The quantitative estimate of drug-likeness (QED) is 0.887. The Morgan fingerprint density at radius 2 is 1.85 bits per heavy atom. The van der Waals surface area contributed by atoms with Crippen molar-refractivity contribution in [1.29, 1.82) is 0 Å². The van der Waals surface area contributed by atoms with Crippen LogP contribution in [-0.4, -0.2) is 24.4 Å². The number of anilines is 1. The molecule has 1 aromatic carbocycles. The van der Waals surface area contributed by atoms with Crippen LogP contribution >= 0.6 is 0 Å². The Balaban J connectivity index is 1.54. The van der Waals surface area contributed by atoms with Crippen LogP contribution in [0.2, 0.25) is 0 Å². The molecule has 0 aromatic heterocycles. The molecule has 1 atom stereocenters. The standard InChI is InChI=1S/C22H32N2O2/c1-15-6-5-7-19(12-15)24-14-16(13-20(24)25)21(26)23-18-10-8-17(9-11-18)22(2,3)4/h5-7,12,16-18H,8-11,13-14H2,1-4H3,(H,23,26)/t16-,17?,18?/m1/s1. The molecule has 1 N–H and O–H groups in total. The zero-order valence-electron chi connectivity index (χ0n) is 16.5. The van der Waals surface area contributed by atoms with E-state index in [1.165, 1.54) is 12.8 Å². The van der Waals surface area contributed by atoms with Gasteiger partial charge in [0.2, 0.25) is 11.8 Å². The molecule has 0 unspecified atom stereocenters. The minimum atomic E-state index is -0.233. The van der Waals surface area contributed by atoms with Crippen molar-refractivity contribution >= 4 is 17.5 Å². The molecule has 1 saturated heterocycles. The highest BCUT2D eigenvalue weighted by molar-refractivity contribution is 6.00. The van der Waals surface area contributed by atoms with Crippen molar-refractivity contribution < 1.29 is 9.59 Å². The number of carbonyl (C=O) groups excluding carboxylic acids is 2. The fourth-order valence-corrected chi connectivity index (χ4v) is 4.35. The van der Waals surface area contributed by atoms with E-state index in [0.717, 1.165) is 30.0 Å². The van der Waals surface area contributed by atoms with Gasteiger partial charge >= 0.3 is 0 Å². The van der Waals surface area contributed by atoms with Gasteiger partial charge in [0.05, 0.1) is 5.92 Å². The molecule has 4 nitrogen and oxygen atoms in total. The van der Waals surface area contributed by atoms with Gasteiger partial charge < -0.3 is 10.2 Å². The highest BCUT2D eigenvalue weighted by Gasteiger charge is 2.37. The summed E-state index contributed by atoms with van der Waals surface area (Å²) in [6.07, 6.45) is 4.77. The van der Waals surface area contributed by atoms with Crippen molar-refractivity contribution in [3.8, 4) is 0 Å². The van der Waals surface area contributed by atoms with E-state index < -0.39 is 0 Å². The van der Waals surface area contributed by atoms with Gasteiger partial charge in [-0.1, -0.05) is 32.9 Å². The van der Waals surface area contributed by atoms with Crippen LogP contribution in [-0.2, 0) is 9.59 Å². The molecule has 3 rings (SSSR count). The monoisotopic (exact) mass is 356 g/mol. The van der Waals surface area contributed by atoms with Gasteiger partial charge in [-0.25, -0.2) is 0 Å². The second kappa shape index (κ2) is 7.42. The SMILES string of the molecule is Cc1cccc(N2C[C@H](C(=O)NC3CCC(C(C)(C)C)CC3)CC2=O)c1. The number of rotatable bonds is 3. The normalized spacial score (nSPS) is 26.8. The summed E-state index contributed by atoms with van der Waals surface area (Å²) in [4.78, 5) is 26.8. The van der Waals surface area contributed by atoms with Gasteiger partial charge in [0.15, 0.2) is 0 Å². The first-order valence-electron chi connectivity index (χ1n) is 9.91. The molecule has 142 valence electrons. The van der Waals surface area contributed by atoms with E-state index in [9.17, 15) is 9.59 Å². The minimum Gasteiger partial charge on any atom is -0.353 e. The largest absolute Gasteiger partial charge is 0.353 e. The third-order valence-electron chi connectivity index (χ3n) is 6.11. The predicted octanol–water partition coefficient (Wildman–Crippen LogP) is 4.07. The van der Waals surface area contributed by atoms with Crippen LogP contribution in [0.3, 0.4) is 0 Å². The Kier molecular flexibility index (Phi) is 5.40. The molecule has 2 amide bonds. The Morgan fingerprint density at radius 1 is 1.15 bits per heavy atom. The molecule has 1 aliphatic heterocycles. The molecule has 0 spiro atoms. The van der Waals surface area contributed by atoms with Crippen LogP contribution in [0.25, 0.3) is 0 Å². The first-order chi connectivity index (χ1) is 12.2. The van der Waals surface area contributed by atoms with Crippen molar-refractivity contribution in [2.45, 2.75) is 65.8 Å². The highest BCUT2D eigenvalue weighted by Crippen LogP contribution is 2.38. The van der Waals surface area contributed by atoms with E-state index in [1.807, 2.05) is 31.2 Å². The molecule has 1 aliphatic carbocycles. The lowest BCUT2D eigenvalue weighted by Gasteiger charge is -2.37. The van der Waals surface area contributed by atoms with Gasteiger partial charge in [0, 0.05) is 24.7 Å². The minimum absolute atomic E-state index is 0.0483. The lowest BCUT2D eigenvalue weighted by Crippen LogP contribution is -2.42. The van der Waals surface area contributed by atoms with Crippen LogP contribution in [0.15, 0.2) is 24.3 Å². The molecule has 26 heavy (non-hydrogen) atoms. The lowest BCUT2D eigenvalue weighted by atomic mass is 9.71. The average Bonchev–Trinajstić information content (AvgIpc) is 2.96. The van der Waals surface area contributed by atoms with E-state index in [4.69, 9.17) is 0 Å². The fourth-order valence-electron chi connectivity index (χ4n) is 4.35. The van der Waals surface area contributed by atoms with Gasteiger partial charge in [-0.05, 0) is 61.6 Å². The summed E-state index contributed by atoms with van der Waals surface area (Å²) in [5, 5.41) is 3.22. The molecule has 1 heterocycles. The molecule has 4 heteroatoms. The first-order valence-corrected chi connectivity index (χ1v) is 9.91. The Labute approximate surface area is 157 Å². The van der Waals surface area contributed by atoms with Crippen molar-refractivity contribution in [3.05, 3.63) is 29.8 Å². The molecule has 2 fully saturated rings. The zero-order chi connectivity index (χ0) is 18.9. The number of nitrogens with one attached hydrogen (secondary N) is 1. The summed E-state index contributed by atoms with van der Waals surface area (Å²) in [7, 11) is 0. The maximum absolute atomic E-state index is 12.7. The maximum Gasteiger partial charge on any atom is 0.227 e. The number of carbonyl (C=O) groups is 2. The number of nitrogens with zero attached hydrogens (tertiary/aromatic N) is 1. The summed E-state index contributed by atoms with van der Waals surface area (Å²) < 4.78 is 0. The van der Waals surface area contributed by atoms with Gasteiger partial charge in [-0.3, -0.25) is 9.59 Å². The van der Waals surface area contributed by atoms with E-state index in [-0.39, 0.29) is 23.8 Å². The Bertz CT molecular complexity index is 669. The molecule has 0 radical (unpaired) electrons. The summed E-state index contributed by atoms with van der Waals surface area (Å²) in [6, 6.07) is 8.19. The van der Waals surface area contributed by atoms with Crippen molar-refractivity contribution in [3.63, 3.8) is 0 Å². The molecule has 0 bridgehead atoms. The number of hydrogen-bond donors (Lipinski definition) is 1. The lowest BCUT2D eigenvalue weighted by molar-refractivity contribution is -0.127. The summed E-state index contributed by atoms with van der Waals surface area (Å²) in [5.41, 5.74) is 2.37. The smallest absolute Gasteiger partial charge is 0.227 e. The van der Waals surface area contributed by atoms with Gasteiger partial charge in [0.25, 0.3) is 0 Å². The summed E-state index contributed by atoms with van der Waals surface area (Å²) in [5.74, 6) is 0.601. The van der Waals surface area contributed by atoms with Crippen molar-refractivity contribution in [2.24, 2.45) is 17.3 Å². The topological polar surface area (TPSA) is 49.4 Å². The van der Waals surface area contributed by atoms with Gasteiger partial charge in [-0.15, -0.1) is 0 Å². The zero-order valence-corrected chi connectivity index (χ0v) is 16.5. The third kappa shape index (κ3) is 4.28. The summed E-state index contributed by atoms with van der Waals surface area (Å²) >= 11 is 0. The third-order valence-corrected chi connectivity index (χ3v) is 6.11. The first kappa shape index (κ1) is 18.9. The van der Waals surface area contributed by atoms with Crippen molar-refractivity contribution in [2.75, 3.05) is 11.4 Å². The fraction of sp³-hybridized carbons (Fsp3) is 0.636. The highest BCUT2D eigenvalue weighted by atomic mass is 16.2. The van der Waals surface area contributed by atoms with E-state index in [0.29, 0.717) is 18.4 Å². The van der Waals surface area contributed by atoms with Crippen LogP contribution < -0.4 is 10.2 Å². The number of aryl methyl sites for hydroxylation is 1. The second-order valence-corrected chi connectivity index (χ2v) is 9.17. The van der Waals surface area contributed by atoms with Crippen molar-refractivity contribution in [1.82, 2.24) is 5.32 Å². The maximum atomic E-state index is 12.7. The van der Waals surface area contributed by atoms with Crippen LogP contribution in [0, 0.1) is 24.2 Å². The molecule has 2 aliphatic rings. The van der Waals surface area contributed by atoms with Crippen LogP contribution in [0.4, 0.5) is 5.69 Å². The number of hydrogen-bond acceptors (Lipinski definition) is 2. The summed E-state index contributed by atoms with van der Waals surface area (Å²) in [6.45, 7) is 9.43. The molecule has 1 saturated carbocycles. The van der Waals surface area contributed by atoms with Gasteiger partial charge in [0.1, 0.15) is 0 Å². The van der Waals surface area contributed by atoms with E-state index in [2.05, 4.69) is 26.1 Å². The average molecular weight is 357 g/mol. The Morgan fingerprint density at radius 3 is 2.46 bits per heavy atom. The number of amides is 2. The van der Waals surface area contributed by atoms with Crippen LogP contribution in [0.1, 0.15) is 58.4 Å². The molecular weight excluding hydrogens is 324 g/mol. The predicted molar refractivity (Wildman–Crippen MR) is 105 cm³/mol. The molecular formula is C22H32N2O2. The van der Waals surface area contributed by atoms with Gasteiger partial charge in [-0.2, -0.15) is 0 Å². The Hall–Kier alpha value is -1.84.